The van der Waals surface area contributed by atoms with Gasteiger partial charge in [-0.3, -0.25) is 14.5 Å². The molecule has 3 aliphatic rings. The molecule has 1 unspecified atom stereocenters. The van der Waals surface area contributed by atoms with Crippen LogP contribution in [-0.2, 0) is 25.8 Å². The first-order valence-corrected chi connectivity index (χ1v) is 17.2. The van der Waals surface area contributed by atoms with Crippen LogP contribution in [0, 0.1) is 5.92 Å². The monoisotopic (exact) mass is 669 g/mol. The predicted molar refractivity (Wildman–Crippen MR) is 167 cm³/mol. The van der Waals surface area contributed by atoms with Crippen molar-refractivity contribution in [2.75, 3.05) is 43.4 Å². The van der Waals surface area contributed by atoms with E-state index in [1.807, 2.05) is 48.5 Å². The zero-order valence-corrected chi connectivity index (χ0v) is 26.4. The number of anilines is 1. The van der Waals surface area contributed by atoms with Gasteiger partial charge in [0.15, 0.2) is 9.84 Å². The fourth-order valence-corrected chi connectivity index (χ4v) is 8.59. The Morgan fingerprint density at radius 1 is 0.905 bits per heavy atom. The molecule has 42 heavy (non-hydrogen) atoms. The third-order valence-electron chi connectivity index (χ3n) is 8.47. The summed E-state index contributed by atoms with van der Waals surface area (Å²) in [5.74, 6) is -0.299. The molecule has 0 bridgehead atoms. The highest BCUT2D eigenvalue weighted by Crippen LogP contribution is 2.40. The van der Waals surface area contributed by atoms with Crippen LogP contribution in [-0.4, -0.2) is 68.5 Å². The molecule has 2 fully saturated rings. The van der Waals surface area contributed by atoms with Crippen molar-refractivity contribution in [2.24, 2.45) is 5.92 Å². The fraction of sp³-hybridized carbons (Fsp3) is 0.375. The van der Waals surface area contributed by atoms with E-state index in [0.717, 1.165) is 24.0 Å². The van der Waals surface area contributed by atoms with Crippen molar-refractivity contribution in [3.8, 4) is 0 Å². The van der Waals surface area contributed by atoms with E-state index in [4.69, 9.17) is 11.6 Å². The third-order valence-corrected chi connectivity index (χ3v) is 11.4. The molecule has 1 saturated carbocycles. The average molecular weight is 671 g/mol. The summed E-state index contributed by atoms with van der Waals surface area (Å²) in [5.41, 5.74) is 3.96. The van der Waals surface area contributed by atoms with Gasteiger partial charge in [-0.05, 0) is 76.1 Å². The maximum atomic E-state index is 13.4. The van der Waals surface area contributed by atoms with Gasteiger partial charge in [0.2, 0.25) is 11.8 Å². The van der Waals surface area contributed by atoms with E-state index < -0.39 is 9.84 Å². The Morgan fingerprint density at radius 3 is 2.24 bits per heavy atom. The minimum Gasteiger partial charge on any atom is -0.340 e. The van der Waals surface area contributed by atoms with Gasteiger partial charge in [-0.25, -0.2) is 8.42 Å². The summed E-state index contributed by atoms with van der Waals surface area (Å²) in [6, 6.07) is 21.6. The van der Waals surface area contributed by atoms with E-state index in [1.54, 1.807) is 15.9 Å². The summed E-state index contributed by atoms with van der Waals surface area (Å²) in [7, 11) is -3.75. The molecular formula is C32H33BrClN3O4S. The maximum Gasteiger partial charge on any atom is 0.230 e. The van der Waals surface area contributed by atoms with E-state index in [2.05, 4.69) is 33.0 Å². The molecule has 3 aromatic carbocycles. The van der Waals surface area contributed by atoms with Crippen molar-refractivity contribution in [3.63, 3.8) is 0 Å². The number of hydrogen-bond acceptors (Lipinski definition) is 5. The molecule has 10 heteroatoms. The van der Waals surface area contributed by atoms with Crippen LogP contribution in [0.2, 0.25) is 5.02 Å². The number of nitrogens with zero attached hydrogens (tertiary/aromatic N) is 3. The molecule has 2 amide bonds. The van der Waals surface area contributed by atoms with Crippen LogP contribution >= 0.6 is 27.5 Å². The molecule has 1 saturated heterocycles. The van der Waals surface area contributed by atoms with Gasteiger partial charge in [-0.15, -0.1) is 0 Å². The first-order chi connectivity index (χ1) is 20.2. The normalized spacial score (nSPS) is 18.1. The highest BCUT2D eigenvalue weighted by molar-refractivity contribution is 9.10. The maximum absolute atomic E-state index is 13.4. The number of halogens is 2. The lowest BCUT2D eigenvalue weighted by molar-refractivity contribution is -0.132. The first-order valence-electron chi connectivity index (χ1n) is 14.4. The molecule has 6 rings (SSSR count). The molecule has 2 heterocycles. The van der Waals surface area contributed by atoms with Gasteiger partial charge in [0.25, 0.3) is 0 Å². The van der Waals surface area contributed by atoms with Gasteiger partial charge in [0, 0.05) is 60.2 Å². The van der Waals surface area contributed by atoms with Crippen molar-refractivity contribution in [2.45, 2.75) is 36.6 Å². The predicted octanol–water partition coefficient (Wildman–Crippen LogP) is 5.50. The summed E-state index contributed by atoms with van der Waals surface area (Å²) in [6.07, 6.45) is 2.42. The Balaban J connectivity index is 1.10. The summed E-state index contributed by atoms with van der Waals surface area (Å²) >= 11 is 9.59. The number of hydrogen-bond donors (Lipinski definition) is 0. The first kappa shape index (κ1) is 29.4. The molecule has 0 N–H and O–H groups in total. The average Bonchev–Trinajstić information content (AvgIpc) is 3.77. The minimum absolute atomic E-state index is 0.0321. The fourth-order valence-electron chi connectivity index (χ4n) is 6.02. The number of benzene rings is 3. The van der Waals surface area contributed by atoms with E-state index in [0.29, 0.717) is 54.3 Å². The number of carbonyl (C=O) groups is 2. The Kier molecular flexibility index (Phi) is 8.46. The lowest BCUT2D eigenvalue weighted by atomic mass is 9.96. The third kappa shape index (κ3) is 6.16. The van der Waals surface area contributed by atoms with Gasteiger partial charge in [-0.1, -0.05) is 54.1 Å². The number of rotatable bonds is 8. The Morgan fingerprint density at radius 2 is 1.57 bits per heavy atom. The van der Waals surface area contributed by atoms with Gasteiger partial charge in [0.05, 0.1) is 16.7 Å². The van der Waals surface area contributed by atoms with Crippen LogP contribution in [0.1, 0.15) is 42.0 Å². The van der Waals surface area contributed by atoms with Crippen molar-refractivity contribution < 1.29 is 18.0 Å². The Labute approximate surface area is 260 Å². The number of amides is 2. The van der Waals surface area contributed by atoms with Crippen LogP contribution in [0.5, 0.6) is 0 Å². The number of carbonyl (C=O) groups excluding carboxylic acids is 2. The highest BCUT2D eigenvalue weighted by atomic mass is 79.9. The largest absolute Gasteiger partial charge is 0.340 e. The molecule has 1 aliphatic carbocycles. The van der Waals surface area contributed by atoms with Gasteiger partial charge >= 0.3 is 0 Å². The van der Waals surface area contributed by atoms with Gasteiger partial charge in [-0.2, -0.15) is 0 Å². The molecule has 2 aliphatic heterocycles. The van der Waals surface area contributed by atoms with Crippen molar-refractivity contribution in [1.29, 1.82) is 0 Å². The van der Waals surface area contributed by atoms with Gasteiger partial charge in [0.1, 0.15) is 0 Å². The van der Waals surface area contributed by atoms with Gasteiger partial charge < -0.3 is 9.80 Å². The molecule has 7 nitrogen and oxygen atoms in total. The van der Waals surface area contributed by atoms with Crippen LogP contribution in [0.25, 0.3) is 0 Å². The van der Waals surface area contributed by atoms with E-state index in [-0.39, 0.29) is 40.8 Å². The molecule has 0 spiro atoms. The van der Waals surface area contributed by atoms with E-state index >= 15 is 0 Å². The van der Waals surface area contributed by atoms with Crippen LogP contribution in [0.4, 0.5) is 5.69 Å². The minimum atomic E-state index is -3.75. The molecule has 220 valence electrons. The molecule has 0 radical (unpaired) electrons. The SMILES string of the molecule is O=C(CCS(=O)(=O)c1cc2c(cc1Br)CCN2C(=O)C1CC1)N1CCN(C(c2ccccc2)c2ccc(Cl)cc2)CC1. The summed E-state index contributed by atoms with van der Waals surface area (Å²) in [5, 5.41) is 0.687. The van der Waals surface area contributed by atoms with Crippen LogP contribution < -0.4 is 4.90 Å². The van der Waals surface area contributed by atoms with E-state index in [9.17, 15) is 18.0 Å². The number of sulfone groups is 1. The standard InChI is InChI=1S/C32H33BrClN3O4S/c33-27-20-25-12-14-37(32(39)24-6-7-24)28(25)21-29(27)42(40,41)19-13-30(38)35-15-17-36(18-16-35)31(22-4-2-1-3-5-22)23-8-10-26(34)11-9-23/h1-5,8-11,20-21,24,31H,6-7,12-19H2. The smallest absolute Gasteiger partial charge is 0.230 e. The Hall–Kier alpha value is -2.72. The number of fused-ring (bicyclic) bond motifs is 1. The lowest BCUT2D eigenvalue weighted by Crippen LogP contribution is -2.50. The van der Waals surface area contributed by atoms with Crippen molar-refractivity contribution >= 4 is 54.9 Å². The number of piperazine rings is 1. The Bertz CT molecular complexity index is 1590. The quantitative estimate of drug-likeness (QED) is 0.317. The van der Waals surface area contributed by atoms with Crippen LogP contribution in [0.3, 0.4) is 0 Å². The summed E-state index contributed by atoms with van der Waals surface area (Å²) in [4.78, 5) is 31.9. The summed E-state index contributed by atoms with van der Waals surface area (Å²) in [6.45, 7) is 2.96. The van der Waals surface area contributed by atoms with Crippen molar-refractivity contribution in [1.82, 2.24) is 9.80 Å². The second-order valence-electron chi connectivity index (χ2n) is 11.3. The zero-order chi connectivity index (χ0) is 29.4. The van der Waals surface area contributed by atoms with Crippen molar-refractivity contribution in [3.05, 3.63) is 92.9 Å². The molecule has 0 aromatic heterocycles. The molecule has 1 atom stereocenters. The summed E-state index contributed by atoms with van der Waals surface area (Å²) < 4.78 is 27.3. The second kappa shape index (κ2) is 12.1. The second-order valence-corrected chi connectivity index (χ2v) is 14.6. The molecular weight excluding hydrogens is 638 g/mol. The zero-order valence-electron chi connectivity index (χ0n) is 23.2. The van der Waals surface area contributed by atoms with E-state index in [1.165, 1.54) is 5.56 Å². The highest BCUT2D eigenvalue weighted by Gasteiger charge is 2.37. The van der Waals surface area contributed by atoms with Crippen LogP contribution in [0.15, 0.2) is 76.1 Å². The lowest BCUT2D eigenvalue weighted by Gasteiger charge is -2.40. The molecule has 3 aromatic rings. The topological polar surface area (TPSA) is 78.0 Å².